The molecule has 1 amide bonds. The average Bonchev–Trinajstić information content (AvgIpc) is 2.36. The quantitative estimate of drug-likeness (QED) is 0.837. The van der Waals surface area contributed by atoms with Crippen LogP contribution in [0.1, 0.15) is 36.7 Å². The van der Waals surface area contributed by atoms with E-state index in [0.717, 1.165) is 0 Å². The van der Waals surface area contributed by atoms with Gasteiger partial charge in [-0.15, -0.1) is 0 Å². The van der Waals surface area contributed by atoms with E-state index in [-0.39, 0.29) is 29.9 Å². The number of amides is 1. The molecule has 0 aliphatic carbocycles. The van der Waals surface area contributed by atoms with Gasteiger partial charge in [-0.05, 0) is 31.4 Å². The molecule has 1 unspecified atom stereocenters. The zero-order chi connectivity index (χ0) is 15.3. The first kappa shape index (κ1) is 16.0. The Morgan fingerprint density at radius 1 is 1.30 bits per heavy atom. The number of aromatic carboxylic acids is 1. The van der Waals surface area contributed by atoms with Crippen LogP contribution in [0.2, 0.25) is 0 Å². The standard InChI is InChI=1S/C15H21NO4/c1-9(2)11(4)16-13(17)8-20-14-10(3)6-5-7-12(14)15(18)19/h5-7,9,11H,8H2,1-4H3,(H,16,17)(H,18,19). The van der Waals surface area contributed by atoms with E-state index < -0.39 is 5.97 Å². The molecule has 1 aromatic carbocycles. The second-order valence-electron chi connectivity index (χ2n) is 5.15. The van der Waals surface area contributed by atoms with Gasteiger partial charge in [0.2, 0.25) is 0 Å². The number of ether oxygens (including phenoxy) is 1. The van der Waals surface area contributed by atoms with Crippen LogP contribution in [0, 0.1) is 12.8 Å². The summed E-state index contributed by atoms with van der Waals surface area (Å²) in [7, 11) is 0. The highest BCUT2D eigenvalue weighted by atomic mass is 16.5. The number of hydrogen-bond acceptors (Lipinski definition) is 3. The highest BCUT2D eigenvalue weighted by molar-refractivity contribution is 5.91. The molecule has 20 heavy (non-hydrogen) atoms. The number of carboxylic acids is 1. The van der Waals surface area contributed by atoms with E-state index in [1.807, 2.05) is 20.8 Å². The van der Waals surface area contributed by atoms with Crippen LogP contribution in [0.4, 0.5) is 0 Å². The molecule has 0 heterocycles. The summed E-state index contributed by atoms with van der Waals surface area (Å²) in [5.74, 6) is -0.759. The van der Waals surface area contributed by atoms with Crippen LogP contribution in [0.15, 0.2) is 18.2 Å². The molecule has 0 aromatic heterocycles. The number of aryl methyl sites for hydroxylation is 1. The smallest absolute Gasteiger partial charge is 0.339 e. The van der Waals surface area contributed by atoms with Crippen molar-refractivity contribution in [3.05, 3.63) is 29.3 Å². The Morgan fingerprint density at radius 3 is 2.50 bits per heavy atom. The van der Waals surface area contributed by atoms with Crippen molar-refractivity contribution in [1.29, 1.82) is 0 Å². The highest BCUT2D eigenvalue weighted by Crippen LogP contribution is 2.23. The Balaban J connectivity index is 2.71. The molecule has 0 fully saturated rings. The predicted octanol–water partition coefficient (Wildman–Crippen LogP) is 2.23. The second-order valence-corrected chi connectivity index (χ2v) is 5.15. The van der Waals surface area contributed by atoms with Gasteiger partial charge in [-0.3, -0.25) is 4.79 Å². The van der Waals surface area contributed by atoms with Crippen molar-refractivity contribution in [2.75, 3.05) is 6.61 Å². The fourth-order valence-electron chi connectivity index (χ4n) is 1.61. The second kappa shape index (κ2) is 6.93. The first-order chi connectivity index (χ1) is 9.32. The van der Waals surface area contributed by atoms with E-state index in [1.165, 1.54) is 6.07 Å². The van der Waals surface area contributed by atoms with Gasteiger partial charge in [-0.2, -0.15) is 0 Å². The van der Waals surface area contributed by atoms with Gasteiger partial charge in [0.1, 0.15) is 11.3 Å². The Kier molecular flexibility index (Phi) is 5.55. The summed E-state index contributed by atoms with van der Waals surface area (Å²) in [6.45, 7) is 7.49. The van der Waals surface area contributed by atoms with E-state index in [4.69, 9.17) is 9.84 Å². The van der Waals surface area contributed by atoms with Gasteiger partial charge >= 0.3 is 5.97 Å². The van der Waals surface area contributed by atoms with E-state index in [2.05, 4.69) is 5.32 Å². The van der Waals surface area contributed by atoms with Crippen LogP contribution in [0.5, 0.6) is 5.75 Å². The van der Waals surface area contributed by atoms with Crippen molar-refractivity contribution < 1.29 is 19.4 Å². The summed E-state index contributed by atoms with van der Waals surface area (Å²) >= 11 is 0. The van der Waals surface area contributed by atoms with Gasteiger partial charge in [0.05, 0.1) is 0 Å². The van der Waals surface area contributed by atoms with Crippen molar-refractivity contribution in [3.63, 3.8) is 0 Å². The summed E-state index contributed by atoms with van der Waals surface area (Å²) in [6.07, 6.45) is 0. The van der Waals surface area contributed by atoms with Crippen LogP contribution in [-0.2, 0) is 4.79 Å². The number of carbonyl (C=O) groups excluding carboxylic acids is 1. The van der Waals surface area contributed by atoms with Gasteiger partial charge in [-0.25, -0.2) is 4.79 Å². The molecule has 0 saturated heterocycles. The zero-order valence-electron chi connectivity index (χ0n) is 12.3. The maximum absolute atomic E-state index is 11.7. The lowest BCUT2D eigenvalue weighted by molar-refractivity contribution is -0.124. The van der Waals surface area contributed by atoms with Crippen molar-refractivity contribution in [1.82, 2.24) is 5.32 Å². The minimum absolute atomic E-state index is 0.0434. The van der Waals surface area contributed by atoms with Gasteiger partial charge in [0.25, 0.3) is 5.91 Å². The molecule has 0 saturated carbocycles. The first-order valence-corrected chi connectivity index (χ1v) is 6.58. The lowest BCUT2D eigenvalue weighted by atomic mass is 10.1. The van der Waals surface area contributed by atoms with E-state index in [1.54, 1.807) is 19.1 Å². The molecular formula is C15H21NO4. The van der Waals surface area contributed by atoms with Crippen molar-refractivity contribution in [2.45, 2.75) is 33.7 Å². The minimum atomic E-state index is -1.07. The molecule has 1 aromatic rings. The molecule has 1 rings (SSSR count). The molecule has 0 aliphatic heterocycles. The average molecular weight is 279 g/mol. The first-order valence-electron chi connectivity index (χ1n) is 6.58. The lowest BCUT2D eigenvalue weighted by Crippen LogP contribution is -2.39. The molecule has 2 N–H and O–H groups in total. The number of nitrogens with one attached hydrogen (secondary N) is 1. The summed E-state index contributed by atoms with van der Waals surface area (Å²) in [5.41, 5.74) is 0.754. The number of carboxylic acid groups (broad SMARTS) is 1. The molecular weight excluding hydrogens is 258 g/mol. The van der Waals surface area contributed by atoms with E-state index >= 15 is 0 Å². The third kappa shape index (κ3) is 4.26. The third-order valence-electron chi connectivity index (χ3n) is 3.18. The molecule has 0 spiro atoms. The van der Waals surface area contributed by atoms with Gasteiger partial charge in [-0.1, -0.05) is 26.0 Å². The number of rotatable bonds is 6. The maximum atomic E-state index is 11.7. The number of para-hydroxylation sites is 1. The molecule has 5 nitrogen and oxygen atoms in total. The molecule has 0 radical (unpaired) electrons. The Labute approximate surface area is 118 Å². The largest absolute Gasteiger partial charge is 0.483 e. The number of hydrogen-bond donors (Lipinski definition) is 2. The van der Waals surface area contributed by atoms with Crippen LogP contribution in [-0.4, -0.2) is 29.6 Å². The van der Waals surface area contributed by atoms with Gasteiger partial charge in [0.15, 0.2) is 6.61 Å². The van der Waals surface area contributed by atoms with E-state index in [9.17, 15) is 9.59 Å². The highest BCUT2D eigenvalue weighted by Gasteiger charge is 2.16. The van der Waals surface area contributed by atoms with Crippen molar-refractivity contribution in [3.8, 4) is 5.75 Å². The van der Waals surface area contributed by atoms with E-state index in [0.29, 0.717) is 11.5 Å². The predicted molar refractivity (Wildman–Crippen MR) is 76.1 cm³/mol. The Bertz CT molecular complexity index is 497. The molecule has 0 bridgehead atoms. The fraction of sp³-hybridized carbons (Fsp3) is 0.467. The monoisotopic (exact) mass is 279 g/mol. The minimum Gasteiger partial charge on any atom is -0.483 e. The number of benzene rings is 1. The maximum Gasteiger partial charge on any atom is 0.339 e. The SMILES string of the molecule is Cc1cccc(C(=O)O)c1OCC(=O)NC(C)C(C)C. The lowest BCUT2D eigenvalue weighted by Gasteiger charge is -2.18. The number of carbonyl (C=O) groups is 2. The fourth-order valence-corrected chi connectivity index (χ4v) is 1.61. The van der Waals surface area contributed by atoms with Crippen molar-refractivity contribution >= 4 is 11.9 Å². The van der Waals surface area contributed by atoms with Crippen LogP contribution in [0.3, 0.4) is 0 Å². The van der Waals surface area contributed by atoms with Gasteiger partial charge < -0.3 is 15.2 Å². The summed E-state index contributed by atoms with van der Waals surface area (Å²) in [4.78, 5) is 22.8. The van der Waals surface area contributed by atoms with Crippen LogP contribution in [0.25, 0.3) is 0 Å². The normalized spacial score (nSPS) is 12.1. The molecule has 1 atom stereocenters. The van der Waals surface area contributed by atoms with Gasteiger partial charge in [0, 0.05) is 6.04 Å². The summed E-state index contributed by atoms with van der Waals surface area (Å²) in [6, 6.07) is 4.89. The molecule has 0 aliphatic rings. The Hall–Kier alpha value is -2.04. The topological polar surface area (TPSA) is 75.6 Å². The summed E-state index contributed by atoms with van der Waals surface area (Å²) in [5, 5.41) is 11.9. The zero-order valence-corrected chi connectivity index (χ0v) is 12.3. The van der Waals surface area contributed by atoms with Crippen LogP contribution >= 0.6 is 0 Å². The van der Waals surface area contributed by atoms with Crippen LogP contribution < -0.4 is 10.1 Å². The third-order valence-corrected chi connectivity index (χ3v) is 3.18. The molecule has 110 valence electrons. The Morgan fingerprint density at radius 2 is 1.95 bits per heavy atom. The summed E-state index contributed by atoms with van der Waals surface area (Å²) < 4.78 is 5.38. The molecule has 5 heteroatoms. The van der Waals surface area contributed by atoms with Crippen molar-refractivity contribution in [2.24, 2.45) is 5.92 Å².